The summed E-state index contributed by atoms with van der Waals surface area (Å²) in [5.41, 5.74) is 1.56. The van der Waals surface area contributed by atoms with Gasteiger partial charge in [-0.1, -0.05) is 6.07 Å². The minimum atomic E-state index is -0.968. The Hall–Kier alpha value is -4.05. The first-order chi connectivity index (χ1) is 16.0. The highest BCUT2D eigenvalue weighted by Crippen LogP contribution is 2.36. The summed E-state index contributed by atoms with van der Waals surface area (Å²) in [6.07, 6.45) is 1.40. The molecule has 0 bridgehead atoms. The molecular weight excluding hydrogens is 450 g/mol. The molecule has 10 heteroatoms. The van der Waals surface area contributed by atoms with E-state index in [4.69, 9.17) is 26.4 Å². The van der Waals surface area contributed by atoms with Crippen molar-refractivity contribution in [3.8, 4) is 23.1 Å². The van der Waals surface area contributed by atoms with E-state index in [2.05, 4.69) is 20.6 Å². The lowest BCUT2D eigenvalue weighted by molar-refractivity contribution is 0.355. The maximum absolute atomic E-state index is 13.4. The first-order valence-corrected chi connectivity index (χ1v) is 10.1. The van der Waals surface area contributed by atoms with Gasteiger partial charge in [0.25, 0.3) is 0 Å². The van der Waals surface area contributed by atoms with Crippen LogP contribution in [0.1, 0.15) is 0 Å². The second-order valence-corrected chi connectivity index (χ2v) is 7.15. The molecule has 0 amide bonds. The van der Waals surface area contributed by atoms with Crippen molar-refractivity contribution in [3.63, 3.8) is 0 Å². The number of thiocarbonyl (C=S) groups is 1. The van der Waals surface area contributed by atoms with Crippen LogP contribution in [-0.4, -0.2) is 29.3 Å². The summed E-state index contributed by atoms with van der Waals surface area (Å²) in [6, 6.07) is 13.9. The fourth-order valence-corrected chi connectivity index (χ4v) is 3.29. The van der Waals surface area contributed by atoms with Crippen molar-refractivity contribution in [2.45, 2.75) is 0 Å². The van der Waals surface area contributed by atoms with E-state index in [9.17, 15) is 8.78 Å². The highest BCUT2D eigenvalue weighted by molar-refractivity contribution is 7.80. The van der Waals surface area contributed by atoms with E-state index in [-0.39, 0.29) is 5.11 Å². The van der Waals surface area contributed by atoms with E-state index in [0.717, 1.165) is 12.1 Å². The molecule has 0 fully saturated rings. The lowest BCUT2D eigenvalue weighted by atomic mass is 10.2. The molecular formula is C23H18F2N4O3S. The minimum absolute atomic E-state index is 0.197. The maximum Gasteiger partial charge on any atom is 0.230 e. The standard InChI is InChI=1S/C23H18F2N4O3S/c1-30-20-10-16-19(11-21(20)31-2)26-12-27-22(16)32-15-5-3-4-13(8-15)28-23(33)29-14-6-7-17(24)18(25)9-14/h3-12H,1-2H3,(H2,28,29,33). The summed E-state index contributed by atoms with van der Waals surface area (Å²) in [5, 5.41) is 6.62. The van der Waals surface area contributed by atoms with Gasteiger partial charge in [0.1, 0.15) is 12.1 Å². The first kappa shape index (κ1) is 22.2. The molecule has 4 aromatic rings. The highest BCUT2D eigenvalue weighted by Gasteiger charge is 2.13. The van der Waals surface area contributed by atoms with Crippen LogP contribution >= 0.6 is 12.2 Å². The third kappa shape index (κ3) is 5.07. The summed E-state index contributed by atoms with van der Waals surface area (Å²) in [7, 11) is 3.09. The largest absolute Gasteiger partial charge is 0.493 e. The summed E-state index contributed by atoms with van der Waals surface area (Å²) < 4.78 is 43.2. The van der Waals surface area contributed by atoms with E-state index >= 15 is 0 Å². The SMILES string of the molecule is COc1cc2ncnc(Oc3cccc(NC(=S)Nc4ccc(F)c(F)c4)c3)c2cc1OC. The van der Waals surface area contributed by atoms with Gasteiger partial charge in [0.15, 0.2) is 28.2 Å². The number of aromatic nitrogens is 2. The molecule has 0 atom stereocenters. The fourth-order valence-electron chi connectivity index (χ4n) is 3.06. The Labute approximate surface area is 193 Å². The molecule has 0 aliphatic rings. The third-order valence-corrected chi connectivity index (χ3v) is 4.79. The van der Waals surface area contributed by atoms with Crippen molar-refractivity contribution in [1.29, 1.82) is 0 Å². The number of anilines is 2. The number of fused-ring (bicyclic) bond motifs is 1. The molecule has 33 heavy (non-hydrogen) atoms. The predicted molar refractivity (Wildman–Crippen MR) is 125 cm³/mol. The van der Waals surface area contributed by atoms with Crippen molar-refractivity contribution in [3.05, 3.63) is 72.6 Å². The molecule has 0 saturated heterocycles. The van der Waals surface area contributed by atoms with Crippen molar-refractivity contribution in [2.24, 2.45) is 0 Å². The number of ether oxygens (including phenoxy) is 3. The van der Waals surface area contributed by atoms with E-state index < -0.39 is 11.6 Å². The van der Waals surface area contributed by atoms with Gasteiger partial charge in [-0.2, -0.15) is 0 Å². The third-order valence-electron chi connectivity index (χ3n) is 4.59. The number of hydrogen-bond acceptors (Lipinski definition) is 6. The van der Waals surface area contributed by atoms with Gasteiger partial charge in [-0.25, -0.2) is 18.7 Å². The second kappa shape index (κ2) is 9.61. The Balaban J connectivity index is 1.53. The van der Waals surface area contributed by atoms with E-state index in [1.165, 1.54) is 12.4 Å². The van der Waals surface area contributed by atoms with Crippen molar-refractivity contribution in [1.82, 2.24) is 9.97 Å². The second-order valence-electron chi connectivity index (χ2n) is 6.74. The zero-order chi connectivity index (χ0) is 23.4. The van der Waals surface area contributed by atoms with Crippen LogP contribution in [0.5, 0.6) is 23.1 Å². The Bertz CT molecular complexity index is 1340. The maximum atomic E-state index is 13.4. The molecule has 0 radical (unpaired) electrons. The molecule has 2 N–H and O–H groups in total. The average Bonchev–Trinajstić information content (AvgIpc) is 2.81. The summed E-state index contributed by atoms with van der Waals surface area (Å²) in [5.74, 6) is -0.00951. The summed E-state index contributed by atoms with van der Waals surface area (Å²) >= 11 is 5.26. The van der Waals surface area contributed by atoms with E-state index in [0.29, 0.717) is 45.4 Å². The van der Waals surface area contributed by atoms with E-state index in [1.54, 1.807) is 50.6 Å². The molecule has 168 valence electrons. The topological polar surface area (TPSA) is 77.5 Å². The van der Waals surface area contributed by atoms with Crippen LogP contribution in [0.25, 0.3) is 10.9 Å². The average molecular weight is 468 g/mol. The lowest BCUT2D eigenvalue weighted by Gasteiger charge is -2.13. The number of methoxy groups -OCH3 is 2. The molecule has 3 aromatic carbocycles. The van der Waals surface area contributed by atoms with Gasteiger partial charge in [0, 0.05) is 29.6 Å². The fraction of sp³-hybridized carbons (Fsp3) is 0.0870. The normalized spacial score (nSPS) is 10.5. The van der Waals surface area contributed by atoms with Gasteiger partial charge in [0.05, 0.1) is 25.1 Å². The highest BCUT2D eigenvalue weighted by atomic mass is 32.1. The van der Waals surface area contributed by atoms with Crippen molar-refractivity contribution >= 4 is 39.6 Å². The van der Waals surface area contributed by atoms with Gasteiger partial charge in [-0.15, -0.1) is 0 Å². The number of nitrogens with one attached hydrogen (secondary N) is 2. The molecule has 1 aromatic heterocycles. The van der Waals surface area contributed by atoms with Crippen LogP contribution in [0.2, 0.25) is 0 Å². The Morgan fingerprint density at radius 1 is 0.848 bits per heavy atom. The molecule has 1 heterocycles. The first-order valence-electron chi connectivity index (χ1n) is 9.64. The smallest absolute Gasteiger partial charge is 0.230 e. The van der Waals surface area contributed by atoms with Gasteiger partial charge in [0.2, 0.25) is 5.88 Å². The van der Waals surface area contributed by atoms with E-state index in [1.807, 2.05) is 0 Å². The van der Waals surface area contributed by atoms with Crippen LogP contribution in [0.15, 0.2) is 60.9 Å². The number of hydrogen-bond donors (Lipinski definition) is 2. The Kier molecular flexibility index (Phi) is 6.45. The Morgan fingerprint density at radius 3 is 2.30 bits per heavy atom. The summed E-state index contributed by atoms with van der Waals surface area (Å²) in [6.45, 7) is 0. The number of nitrogens with zero attached hydrogens (tertiary/aromatic N) is 2. The molecule has 7 nitrogen and oxygen atoms in total. The molecule has 0 saturated carbocycles. The zero-order valence-corrected chi connectivity index (χ0v) is 18.4. The minimum Gasteiger partial charge on any atom is -0.493 e. The monoisotopic (exact) mass is 468 g/mol. The lowest BCUT2D eigenvalue weighted by Crippen LogP contribution is -2.19. The van der Waals surface area contributed by atoms with Crippen LogP contribution < -0.4 is 24.8 Å². The quantitative estimate of drug-likeness (QED) is 0.358. The van der Waals surface area contributed by atoms with Crippen LogP contribution in [0.4, 0.5) is 20.2 Å². The summed E-state index contributed by atoms with van der Waals surface area (Å²) in [4.78, 5) is 8.50. The van der Waals surface area contributed by atoms with Crippen LogP contribution in [0.3, 0.4) is 0 Å². The number of halogens is 2. The van der Waals surface area contributed by atoms with Gasteiger partial charge < -0.3 is 24.8 Å². The Morgan fingerprint density at radius 2 is 1.58 bits per heavy atom. The number of benzene rings is 3. The van der Waals surface area contributed by atoms with Gasteiger partial charge in [-0.3, -0.25) is 0 Å². The van der Waals surface area contributed by atoms with Crippen molar-refractivity contribution in [2.75, 3.05) is 24.9 Å². The van der Waals surface area contributed by atoms with Crippen LogP contribution in [0, 0.1) is 11.6 Å². The predicted octanol–water partition coefficient (Wildman–Crippen LogP) is 5.53. The van der Waals surface area contributed by atoms with Crippen LogP contribution in [-0.2, 0) is 0 Å². The van der Waals surface area contributed by atoms with Gasteiger partial charge in [-0.05, 0) is 42.5 Å². The zero-order valence-electron chi connectivity index (χ0n) is 17.6. The molecule has 0 spiro atoms. The van der Waals surface area contributed by atoms with Gasteiger partial charge >= 0.3 is 0 Å². The van der Waals surface area contributed by atoms with Crippen molar-refractivity contribution < 1.29 is 23.0 Å². The molecule has 0 unspecified atom stereocenters. The molecule has 4 rings (SSSR count). The number of rotatable bonds is 6. The molecule has 0 aliphatic carbocycles. The molecule has 0 aliphatic heterocycles.